The molecule has 5 nitrogen and oxygen atoms in total. The number of hydrogen-bond donors (Lipinski definition) is 2. The summed E-state index contributed by atoms with van der Waals surface area (Å²) in [6.07, 6.45) is 2.24. The Labute approximate surface area is 154 Å². The van der Waals surface area contributed by atoms with Gasteiger partial charge in [-0.25, -0.2) is 22.4 Å². The van der Waals surface area contributed by atoms with E-state index in [4.69, 9.17) is 0 Å². The first-order valence-corrected chi connectivity index (χ1v) is 9.53. The first-order chi connectivity index (χ1) is 12.6. The second kappa shape index (κ2) is 6.38. The van der Waals surface area contributed by atoms with Crippen LogP contribution in [0.5, 0.6) is 0 Å². The number of carbonyl (C=O) groups is 1. The van der Waals surface area contributed by atoms with Crippen molar-refractivity contribution >= 4 is 11.8 Å². The lowest BCUT2D eigenvalue weighted by Crippen LogP contribution is -2.51. The van der Waals surface area contributed by atoms with E-state index in [1.54, 1.807) is 7.05 Å². The fourth-order valence-electron chi connectivity index (χ4n) is 4.39. The molecule has 4 rings (SSSR count). The molecule has 0 saturated heterocycles. The number of halogens is 4. The molecule has 2 amide bonds. The van der Waals surface area contributed by atoms with Crippen LogP contribution in [0.2, 0.25) is 0 Å². The largest absolute Gasteiger partial charge is 0.335 e. The topological polar surface area (TPSA) is 59.0 Å². The van der Waals surface area contributed by atoms with Crippen molar-refractivity contribution in [3.63, 3.8) is 0 Å². The van der Waals surface area contributed by atoms with E-state index in [2.05, 4.69) is 15.7 Å². The molecule has 3 aliphatic carbocycles. The highest BCUT2D eigenvalue weighted by molar-refractivity contribution is 5.89. The minimum Gasteiger partial charge on any atom is -0.335 e. The van der Waals surface area contributed by atoms with Gasteiger partial charge in [0.1, 0.15) is 5.82 Å². The zero-order valence-electron chi connectivity index (χ0n) is 15.2. The number of nitrogens with one attached hydrogen (secondary N) is 2. The van der Waals surface area contributed by atoms with Crippen LogP contribution in [0.3, 0.4) is 0 Å². The average Bonchev–Trinajstić information content (AvgIpc) is 2.97. The Morgan fingerprint density at radius 1 is 1.07 bits per heavy atom. The van der Waals surface area contributed by atoms with E-state index >= 15 is 0 Å². The van der Waals surface area contributed by atoms with Crippen LogP contribution in [0.25, 0.3) is 0 Å². The van der Waals surface area contributed by atoms with Gasteiger partial charge in [0.25, 0.3) is 5.92 Å². The predicted molar refractivity (Wildman–Crippen MR) is 91.5 cm³/mol. The number of anilines is 1. The van der Waals surface area contributed by atoms with Crippen molar-refractivity contribution < 1.29 is 22.4 Å². The highest BCUT2D eigenvalue weighted by Crippen LogP contribution is 2.49. The first kappa shape index (κ1) is 18.6. The van der Waals surface area contributed by atoms with Crippen LogP contribution >= 0.6 is 0 Å². The number of alkyl halides is 4. The van der Waals surface area contributed by atoms with Gasteiger partial charge in [-0.3, -0.25) is 10.00 Å². The highest BCUT2D eigenvalue weighted by atomic mass is 19.3. The van der Waals surface area contributed by atoms with Gasteiger partial charge in [-0.05, 0) is 25.2 Å². The molecule has 9 heteroatoms. The van der Waals surface area contributed by atoms with Crippen LogP contribution in [0, 0.1) is 0 Å². The SMILES string of the molecule is Cn1nc(C2CCC(F)(F)C2)c(C2CCC2)c1NC(=O)NC1CC(F)(F)C1. The molecular formula is C18H24F4N4O. The quantitative estimate of drug-likeness (QED) is 0.746. The van der Waals surface area contributed by atoms with Crippen molar-refractivity contribution in [2.24, 2.45) is 7.05 Å². The summed E-state index contributed by atoms with van der Waals surface area (Å²) in [5.41, 5.74) is 1.50. The third kappa shape index (κ3) is 3.65. The first-order valence-electron chi connectivity index (χ1n) is 9.53. The summed E-state index contributed by atoms with van der Waals surface area (Å²) in [5, 5.41) is 9.76. The van der Waals surface area contributed by atoms with Crippen molar-refractivity contribution in [3.05, 3.63) is 11.3 Å². The minimum absolute atomic E-state index is 0.141. The zero-order valence-corrected chi connectivity index (χ0v) is 15.2. The molecule has 1 aromatic heterocycles. The van der Waals surface area contributed by atoms with E-state index in [9.17, 15) is 22.4 Å². The fourth-order valence-corrected chi connectivity index (χ4v) is 4.39. The van der Waals surface area contributed by atoms with Gasteiger partial charge < -0.3 is 5.32 Å². The molecule has 1 heterocycles. The van der Waals surface area contributed by atoms with E-state index in [0.29, 0.717) is 17.9 Å². The van der Waals surface area contributed by atoms with Gasteiger partial charge in [-0.2, -0.15) is 5.10 Å². The second-order valence-corrected chi connectivity index (χ2v) is 8.25. The molecule has 150 valence electrons. The minimum atomic E-state index is -2.71. The van der Waals surface area contributed by atoms with Gasteiger partial charge in [0.15, 0.2) is 0 Å². The number of amides is 2. The van der Waals surface area contributed by atoms with Crippen LogP contribution < -0.4 is 10.6 Å². The van der Waals surface area contributed by atoms with E-state index in [-0.39, 0.29) is 37.5 Å². The van der Waals surface area contributed by atoms with Crippen LogP contribution in [0.4, 0.5) is 28.2 Å². The standard InChI is InChI=1S/C18H24F4N4O/c1-26-15(24-16(27)23-12-8-18(21,22)9-12)13(10-3-2-4-10)14(25-26)11-5-6-17(19,20)7-11/h10-12H,2-9H2,1H3,(H2,23,24,27). The van der Waals surface area contributed by atoms with Gasteiger partial charge in [0.05, 0.1) is 5.69 Å². The summed E-state index contributed by atoms with van der Waals surface area (Å²) in [4.78, 5) is 12.3. The molecule has 1 atom stereocenters. The smallest absolute Gasteiger partial charge is 0.320 e. The number of aromatic nitrogens is 2. The molecule has 0 spiro atoms. The molecule has 3 aliphatic rings. The number of rotatable bonds is 4. The maximum absolute atomic E-state index is 13.7. The molecule has 27 heavy (non-hydrogen) atoms. The lowest BCUT2D eigenvalue weighted by molar-refractivity contribution is -0.0893. The summed E-state index contributed by atoms with van der Waals surface area (Å²) in [5.74, 6) is -4.99. The van der Waals surface area contributed by atoms with E-state index in [0.717, 1.165) is 24.8 Å². The number of urea groups is 1. The molecule has 0 radical (unpaired) electrons. The van der Waals surface area contributed by atoms with Crippen molar-refractivity contribution in [1.29, 1.82) is 0 Å². The van der Waals surface area contributed by atoms with Gasteiger partial charge in [-0.15, -0.1) is 0 Å². The van der Waals surface area contributed by atoms with Crippen LogP contribution in [-0.2, 0) is 7.05 Å². The summed E-state index contributed by atoms with van der Waals surface area (Å²) in [7, 11) is 1.67. The molecule has 0 aliphatic heterocycles. The maximum atomic E-state index is 13.7. The van der Waals surface area contributed by atoms with E-state index in [1.165, 1.54) is 4.68 Å². The summed E-state index contributed by atoms with van der Waals surface area (Å²) in [6.45, 7) is 0. The Bertz CT molecular complexity index is 736. The highest BCUT2D eigenvalue weighted by Gasteiger charge is 2.46. The van der Waals surface area contributed by atoms with Crippen LogP contribution in [-0.4, -0.2) is 33.7 Å². The lowest BCUT2D eigenvalue weighted by atomic mass is 9.78. The Hall–Kier alpha value is -1.80. The van der Waals surface area contributed by atoms with E-state index < -0.39 is 23.9 Å². The normalized spacial score (nSPS) is 27.1. The Morgan fingerprint density at radius 3 is 2.30 bits per heavy atom. The number of carbonyl (C=O) groups excluding carboxylic acids is 1. The average molecular weight is 388 g/mol. The van der Waals surface area contributed by atoms with Crippen molar-refractivity contribution in [3.8, 4) is 0 Å². The van der Waals surface area contributed by atoms with Gasteiger partial charge in [-0.1, -0.05) is 6.42 Å². The summed E-state index contributed by atoms with van der Waals surface area (Å²) in [6, 6.07) is -1.10. The predicted octanol–water partition coefficient (Wildman–Crippen LogP) is 4.51. The van der Waals surface area contributed by atoms with Gasteiger partial charge >= 0.3 is 6.03 Å². The fraction of sp³-hybridized carbons (Fsp3) is 0.778. The summed E-state index contributed by atoms with van der Waals surface area (Å²) < 4.78 is 54.8. The number of nitrogens with zero attached hydrogens (tertiary/aromatic N) is 2. The van der Waals surface area contributed by atoms with Crippen molar-refractivity contribution in [1.82, 2.24) is 15.1 Å². The number of hydrogen-bond acceptors (Lipinski definition) is 2. The van der Waals surface area contributed by atoms with Crippen LogP contribution in [0.1, 0.15) is 74.5 Å². The van der Waals surface area contributed by atoms with Crippen molar-refractivity contribution in [2.75, 3.05) is 5.32 Å². The molecule has 1 unspecified atom stereocenters. The molecule has 0 bridgehead atoms. The molecule has 2 N–H and O–H groups in total. The number of aryl methyl sites for hydroxylation is 1. The molecular weight excluding hydrogens is 364 g/mol. The maximum Gasteiger partial charge on any atom is 0.320 e. The summed E-state index contributed by atoms with van der Waals surface area (Å²) >= 11 is 0. The zero-order chi connectivity index (χ0) is 19.4. The monoisotopic (exact) mass is 388 g/mol. The molecule has 3 saturated carbocycles. The molecule has 0 aromatic carbocycles. The second-order valence-electron chi connectivity index (χ2n) is 8.25. The Morgan fingerprint density at radius 2 is 1.78 bits per heavy atom. The van der Waals surface area contributed by atoms with Gasteiger partial charge in [0.2, 0.25) is 5.92 Å². The van der Waals surface area contributed by atoms with Crippen LogP contribution in [0.15, 0.2) is 0 Å². The molecule has 3 fully saturated rings. The Kier molecular flexibility index (Phi) is 4.38. The third-order valence-corrected chi connectivity index (χ3v) is 6.07. The third-order valence-electron chi connectivity index (χ3n) is 6.07. The van der Waals surface area contributed by atoms with Crippen molar-refractivity contribution in [2.45, 2.75) is 81.1 Å². The Balaban J connectivity index is 1.52. The molecule has 1 aromatic rings. The van der Waals surface area contributed by atoms with E-state index in [1.807, 2.05) is 0 Å². The van der Waals surface area contributed by atoms with Gasteiger partial charge in [0, 0.05) is 50.3 Å². The lowest BCUT2D eigenvalue weighted by Gasteiger charge is -2.35.